The first kappa shape index (κ1) is 17.0. The molecule has 0 aromatic heterocycles. The zero-order valence-electron chi connectivity index (χ0n) is 11.5. The van der Waals surface area contributed by atoms with Gasteiger partial charge in [-0.05, 0) is 42.5 Å². The van der Waals surface area contributed by atoms with Crippen LogP contribution in [-0.2, 0) is 21.2 Å². The minimum Gasteiger partial charge on any atom is -0.480 e. The average Bonchev–Trinajstić information content (AvgIpc) is 2.43. The molecule has 5 nitrogen and oxygen atoms in total. The van der Waals surface area contributed by atoms with Gasteiger partial charge in [0.2, 0.25) is 10.0 Å². The lowest BCUT2D eigenvalue weighted by atomic mass is 10.2. The fourth-order valence-electron chi connectivity index (χ4n) is 1.63. The first-order valence-electron chi connectivity index (χ1n) is 6.23. The molecule has 0 aliphatic heterocycles. The Morgan fingerprint density at radius 3 is 2.40 bits per heavy atom. The SMILES string of the molecule is CCc1ccc(S(=O)(=O)N[C@H](CCSC)C(=O)O)cc1. The van der Waals surface area contributed by atoms with Crippen molar-refractivity contribution >= 4 is 27.8 Å². The van der Waals surface area contributed by atoms with Crippen LogP contribution in [-0.4, -0.2) is 37.5 Å². The van der Waals surface area contributed by atoms with Gasteiger partial charge in [-0.1, -0.05) is 19.1 Å². The zero-order chi connectivity index (χ0) is 15.2. The summed E-state index contributed by atoms with van der Waals surface area (Å²) in [5, 5.41) is 9.06. The molecular weight excluding hydrogens is 298 g/mol. The van der Waals surface area contributed by atoms with Gasteiger partial charge in [-0.25, -0.2) is 8.42 Å². The number of carboxylic acids is 1. The molecule has 1 aromatic rings. The Hall–Kier alpha value is -1.05. The van der Waals surface area contributed by atoms with Crippen molar-refractivity contribution in [2.45, 2.75) is 30.7 Å². The van der Waals surface area contributed by atoms with Crippen LogP contribution in [0.2, 0.25) is 0 Å². The molecule has 1 atom stereocenters. The lowest BCUT2D eigenvalue weighted by Crippen LogP contribution is -2.41. The fourth-order valence-corrected chi connectivity index (χ4v) is 3.32. The number of carbonyl (C=O) groups is 1. The second-order valence-electron chi connectivity index (χ2n) is 4.29. The van der Waals surface area contributed by atoms with Crippen molar-refractivity contribution in [3.8, 4) is 0 Å². The van der Waals surface area contributed by atoms with Crippen molar-refractivity contribution in [2.24, 2.45) is 0 Å². The number of thioether (sulfide) groups is 1. The highest BCUT2D eigenvalue weighted by molar-refractivity contribution is 7.98. The van der Waals surface area contributed by atoms with E-state index in [-0.39, 0.29) is 11.3 Å². The summed E-state index contributed by atoms with van der Waals surface area (Å²) in [4.78, 5) is 11.2. The number of aryl methyl sites for hydroxylation is 1. The molecule has 0 radical (unpaired) electrons. The summed E-state index contributed by atoms with van der Waals surface area (Å²) in [5.74, 6) is -0.582. The van der Waals surface area contributed by atoms with Crippen LogP contribution in [0.4, 0.5) is 0 Å². The summed E-state index contributed by atoms with van der Waals surface area (Å²) >= 11 is 1.48. The van der Waals surface area contributed by atoms with Crippen molar-refractivity contribution in [3.63, 3.8) is 0 Å². The average molecular weight is 317 g/mol. The molecule has 0 saturated carbocycles. The molecular formula is C13H19NO4S2. The van der Waals surface area contributed by atoms with Gasteiger partial charge in [0.15, 0.2) is 0 Å². The molecule has 1 aromatic carbocycles. The minimum absolute atomic E-state index is 0.0881. The second-order valence-corrected chi connectivity index (χ2v) is 6.99. The lowest BCUT2D eigenvalue weighted by molar-refractivity contribution is -0.139. The van der Waals surface area contributed by atoms with Gasteiger partial charge in [-0.2, -0.15) is 16.5 Å². The van der Waals surface area contributed by atoms with E-state index in [9.17, 15) is 13.2 Å². The number of aliphatic carboxylic acids is 1. The first-order valence-corrected chi connectivity index (χ1v) is 9.11. The Bertz CT molecular complexity index is 540. The van der Waals surface area contributed by atoms with Crippen molar-refractivity contribution < 1.29 is 18.3 Å². The van der Waals surface area contributed by atoms with E-state index in [0.717, 1.165) is 12.0 Å². The third-order valence-electron chi connectivity index (χ3n) is 2.85. The van der Waals surface area contributed by atoms with Crippen LogP contribution in [0.5, 0.6) is 0 Å². The molecule has 0 saturated heterocycles. The summed E-state index contributed by atoms with van der Waals surface area (Å²) in [6.07, 6.45) is 2.92. The van der Waals surface area contributed by atoms with Crippen LogP contribution in [0.3, 0.4) is 0 Å². The summed E-state index contributed by atoms with van der Waals surface area (Å²) in [5.41, 5.74) is 1.03. The highest BCUT2D eigenvalue weighted by Gasteiger charge is 2.24. The topological polar surface area (TPSA) is 83.5 Å². The molecule has 0 heterocycles. The maximum Gasteiger partial charge on any atom is 0.321 e. The normalized spacial score (nSPS) is 13.1. The highest BCUT2D eigenvalue weighted by Crippen LogP contribution is 2.13. The van der Waals surface area contributed by atoms with Crippen LogP contribution in [0.25, 0.3) is 0 Å². The van der Waals surface area contributed by atoms with Crippen molar-refractivity contribution in [1.29, 1.82) is 0 Å². The van der Waals surface area contributed by atoms with Gasteiger partial charge in [0, 0.05) is 0 Å². The van der Waals surface area contributed by atoms with Gasteiger partial charge in [-0.15, -0.1) is 0 Å². The standard InChI is InChI=1S/C13H19NO4S2/c1-3-10-4-6-11(7-5-10)20(17,18)14-12(13(15)16)8-9-19-2/h4-7,12,14H,3,8-9H2,1-2H3,(H,15,16)/t12-/m1/s1. The number of nitrogens with one attached hydrogen (secondary N) is 1. The van der Waals surface area contributed by atoms with E-state index in [1.54, 1.807) is 12.1 Å². The Labute approximate surface area is 123 Å². The van der Waals surface area contributed by atoms with Gasteiger partial charge in [0.1, 0.15) is 6.04 Å². The van der Waals surface area contributed by atoms with E-state index in [4.69, 9.17) is 5.11 Å². The Morgan fingerprint density at radius 1 is 1.35 bits per heavy atom. The van der Waals surface area contributed by atoms with Gasteiger partial charge >= 0.3 is 5.97 Å². The lowest BCUT2D eigenvalue weighted by Gasteiger charge is -2.14. The summed E-state index contributed by atoms with van der Waals surface area (Å²) < 4.78 is 26.5. The van der Waals surface area contributed by atoms with Crippen molar-refractivity contribution in [1.82, 2.24) is 4.72 Å². The van der Waals surface area contributed by atoms with E-state index < -0.39 is 22.0 Å². The fraction of sp³-hybridized carbons (Fsp3) is 0.462. The predicted molar refractivity (Wildman–Crippen MR) is 80.6 cm³/mol. The zero-order valence-corrected chi connectivity index (χ0v) is 13.1. The van der Waals surface area contributed by atoms with E-state index in [2.05, 4.69) is 4.72 Å². The summed E-state index contributed by atoms with van der Waals surface area (Å²) in [6, 6.07) is 5.35. The number of hydrogen-bond acceptors (Lipinski definition) is 4. The predicted octanol–water partition coefficient (Wildman–Crippen LogP) is 1.73. The third kappa shape index (κ3) is 4.81. The molecule has 1 rings (SSSR count). The summed E-state index contributed by atoms with van der Waals surface area (Å²) in [6.45, 7) is 1.98. The number of hydrogen-bond donors (Lipinski definition) is 2. The maximum absolute atomic E-state index is 12.1. The van der Waals surface area contributed by atoms with Crippen LogP contribution in [0, 0.1) is 0 Å². The quantitative estimate of drug-likeness (QED) is 0.763. The molecule has 0 unspecified atom stereocenters. The molecule has 0 amide bonds. The van der Waals surface area contributed by atoms with Crippen LogP contribution < -0.4 is 4.72 Å². The van der Waals surface area contributed by atoms with Crippen molar-refractivity contribution in [3.05, 3.63) is 29.8 Å². The third-order valence-corrected chi connectivity index (χ3v) is 4.98. The van der Waals surface area contributed by atoms with E-state index in [1.807, 2.05) is 13.2 Å². The Morgan fingerprint density at radius 2 is 1.95 bits per heavy atom. The molecule has 0 bridgehead atoms. The Kier molecular flexibility index (Phi) is 6.51. The van der Waals surface area contributed by atoms with Crippen molar-refractivity contribution in [2.75, 3.05) is 12.0 Å². The van der Waals surface area contributed by atoms with E-state index in [0.29, 0.717) is 5.75 Å². The van der Waals surface area contributed by atoms with Crippen LogP contribution >= 0.6 is 11.8 Å². The molecule has 112 valence electrons. The summed E-state index contributed by atoms with van der Waals surface area (Å²) in [7, 11) is -3.80. The molecule has 0 fully saturated rings. The van der Waals surface area contributed by atoms with Crippen LogP contribution in [0.15, 0.2) is 29.2 Å². The molecule has 0 aliphatic rings. The van der Waals surface area contributed by atoms with Gasteiger partial charge in [-0.3, -0.25) is 4.79 Å². The number of sulfonamides is 1. The number of rotatable bonds is 8. The minimum atomic E-state index is -3.80. The molecule has 2 N–H and O–H groups in total. The van der Waals surface area contributed by atoms with E-state index in [1.165, 1.54) is 23.9 Å². The largest absolute Gasteiger partial charge is 0.480 e. The second kappa shape index (κ2) is 7.66. The number of benzene rings is 1. The van der Waals surface area contributed by atoms with Gasteiger partial charge < -0.3 is 5.11 Å². The molecule has 0 aliphatic carbocycles. The Balaban J connectivity index is 2.88. The highest BCUT2D eigenvalue weighted by atomic mass is 32.2. The van der Waals surface area contributed by atoms with Gasteiger partial charge in [0.25, 0.3) is 0 Å². The first-order chi connectivity index (χ1) is 9.40. The van der Waals surface area contributed by atoms with Gasteiger partial charge in [0.05, 0.1) is 4.90 Å². The van der Waals surface area contributed by atoms with Crippen LogP contribution in [0.1, 0.15) is 18.9 Å². The maximum atomic E-state index is 12.1. The monoisotopic (exact) mass is 317 g/mol. The number of carboxylic acid groups (broad SMARTS) is 1. The smallest absolute Gasteiger partial charge is 0.321 e. The van der Waals surface area contributed by atoms with E-state index >= 15 is 0 Å². The molecule has 0 spiro atoms. The molecule has 20 heavy (non-hydrogen) atoms. The molecule has 7 heteroatoms.